The molecule has 2 unspecified atom stereocenters. The normalized spacial score (nSPS) is 13.4. The van der Waals surface area contributed by atoms with Crippen LogP contribution in [-0.2, 0) is 4.79 Å². The van der Waals surface area contributed by atoms with E-state index in [2.05, 4.69) is 15.3 Å². The molecule has 0 bridgehead atoms. The summed E-state index contributed by atoms with van der Waals surface area (Å²) in [5.74, 6) is 0.492. The highest BCUT2D eigenvalue weighted by Gasteiger charge is 2.18. The molecule has 0 aliphatic rings. The molecule has 1 heterocycles. The van der Waals surface area contributed by atoms with Gasteiger partial charge in [0.15, 0.2) is 5.16 Å². The highest BCUT2D eigenvalue weighted by molar-refractivity contribution is 8.00. The van der Waals surface area contributed by atoms with E-state index in [9.17, 15) is 4.79 Å². The third-order valence-corrected chi connectivity index (χ3v) is 4.02. The van der Waals surface area contributed by atoms with Crippen LogP contribution in [0.1, 0.15) is 25.5 Å². The van der Waals surface area contributed by atoms with Crippen LogP contribution in [0.15, 0.2) is 41.6 Å². The molecule has 0 aliphatic carbocycles. The average molecular weight is 317 g/mol. The fourth-order valence-corrected chi connectivity index (χ4v) is 2.69. The first kappa shape index (κ1) is 16.1. The van der Waals surface area contributed by atoms with Crippen LogP contribution in [0.25, 0.3) is 0 Å². The van der Waals surface area contributed by atoms with E-state index in [4.69, 9.17) is 11.5 Å². The molecule has 2 rings (SSSR count). The molecule has 0 fully saturated rings. The van der Waals surface area contributed by atoms with Gasteiger partial charge in [0.1, 0.15) is 11.6 Å². The van der Waals surface area contributed by atoms with Gasteiger partial charge in [0.05, 0.1) is 11.3 Å². The van der Waals surface area contributed by atoms with Crippen LogP contribution >= 0.6 is 11.8 Å². The van der Waals surface area contributed by atoms with Crippen LogP contribution < -0.4 is 16.8 Å². The van der Waals surface area contributed by atoms with Gasteiger partial charge in [0, 0.05) is 6.07 Å². The van der Waals surface area contributed by atoms with Gasteiger partial charge in [0.25, 0.3) is 0 Å². The minimum Gasteiger partial charge on any atom is -0.383 e. The second-order valence-corrected chi connectivity index (χ2v) is 6.21. The second-order valence-electron chi connectivity index (χ2n) is 4.90. The molecule has 0 spiro atoms. The first-order valence-electron chi connectivity index (χ1n) is 6.87. The summed E-state index contributed by atoms with van der Waals surface area (Å²) in [6.45, 7) is 3.74. The van der Waals surface area contributed by atoms with Gasteiger partial charge < -0.3 is 16.8 Å². The molecular formula is C15H19N5OS. The Morgan fingerprint density at radius 3 is 2.32 bits per heavy atom. The molecule has 5 N–H and O–H groups in total. The number of rotatable bonds is 5. The highest BCUT2D eigenvalue weighted by atomic mass is 32.2. The van der Waals surface area contributed by atoms with Crippen molar-refractivity contribution in [3.8, 4) is 0 Å². The van der Waals surface area contributed by atoms with Crippen molar-refractivity contribution in [3.63, 3.8) is 0 Å². The Labute approximate surface area is 133 Å². The number of nitrogens with zero attached hydrogens (tertiary/aromatic N) is 2. The van der Waals surface area contributed by atoms with Crippen molar-refractivity contribution in [3.05, 3.63) is 42.0 Å². The third kappa shape index (κ3) is 4.36. The number of benzene rings is 1. The number of aromatic nitrogens is 2. The number of hydrogen-bond acceptors (Lipinski definition) is 6. The molecule has 7 heteroatoms. The summed E-state index contributed by atoms with van der Waals surface area (Å²) in [6, 6.07) is 11.2. The molecule has 0 radical (unpaired) electrons. The topological polar surface area (TPSA) is 107 Å². The van der Waals surface area contributed by atoms with Gasteiger partial charge in [-0.15, -0.1) is 0 Å². The summed E-state index contributed by atoms with van der Waals surface area (Å²) in [4.78, 5) is 20.4. The lowest BCUT2D eigenvalue weighted by Crippen LogP contribution is -2.33. The van der Waals surface area contributed by atoms with Crippen LogP contribution in [0, 0.1) is 0 Å². The second kappa shape index (κ2) is 7.13. The molecule has 1 aromatic heterocycles. The smallest absolute Gasteiger partial charge is 0.233 e. The van der Waals surface area contributed by atoms with Gasteiger partial charge in [-0.25, -0.2) is 9.97 Å². The highest BCUT2D eigenvalue weighted by Crippen LogP contribution is 2.22. The number of anilines is 2. The minimum absolute atomic E-state index is 0.0661. The Bertz CT molecular complexity index is 629. The number of thioether (sulfide) groups is 1. The predicted octanol–water partition coefficient (Wildman–Crippen LogP) is 2.00. The predicted molar refractivity (Wildman–Crippen MR) is 89.2 cm³/mol. The van der Waals surface area contributed by atoms with Gasteiger partial charge in [-0.05, 0) is 19.4 Å². The zero-order valence-electron chi connectivity index (χ0n) is 12.5. The SMILES string of the molecule is CC(Sc1nc(N)cc(N)n1)C(=O)NC(C)c1ccccc1. The summed E-state index contributed by atoms with van der Waals surface area (Å²) in [7, 11) is 0. The van der Waals surface area contributed by atoms with Crippen molar-refractivity contribution in [2.24, 2.45) is 0 Å². The van der Waals surface area contributed by atoms with E-state index < -0.39 is 0 Å². The number of carbonyl (C=O) groups is 1. The Morgan fingerprint density at radius 1 is 1.14 bits per heavy atom. The molecule has 2 atom stereocenters. The summed E-state index contributed by atoms with van der Waals surface area (Å²) >= 11 is 1.22. The van der Waals surface area contributed by atoms with E-state index in [1.165, 1.54) is 17.8 Å². The number of nitrogens with two attached hydrogens (primary N) is 2. The summed E-state index contributed by atoms with van der Waals surface area (Å²) in [5, 5.41) is 3.01. The van der Waals surface area contributed by atoms with E-state index in [0.29, 0.717) is 16.8 Å². The third-order valence-electron chi connectivity index (χ3n) is 3.06. The Hall–Kier alpha value is -2.28. The van der Waals surface area contributed by atoms with Gasteiger partial charge in [-0.1, -0.05) is 42.1 Å². The van der Waals surface area contributed by atoms with E-state index >= 15 is 0 Å². The van der Waals surface area contributed by atoms with E-state index in [-0.39, 0.29) is 17.2 Å². The van der Waals surface area contributed by atoms with Crippen molar-refractivity contribution in [1.82, 2.24) is 15.3 Å². The molecular weight excluding hydrogens is 298 g/mol. The van der Waals surface area contributed by atoms with Gasteiger partial charge in [-0.2, -0.15) is 0 Å². The maximum Gasteiger partial charge on any atom is 0.233 e. The van der Waals surface area contributed by atoms with Crippen molar-refractivity contribution in [2.75, 3.05) is 11.5 Å². The van der Waals surface area contributed by atoms with Crippen LogP contribution in [0.4, 0.5) is 11.6 Å². The number of carbonyl (C=O) groups excluding carboxylic acids is 1. The van der Waals surface area contributed by atoms with E-state index in [1.54, 1.807) is 6.92 Å². The number of nitrogen functional groups attached to an aromatic ring is 2. The summed E-state index contributed by atoms with van der Waals surface area (Å²) < 4.78 is 0. The largest absolute Gasteiger partial charge is 0.383 e. The molecule has 6 nitrogen and oxygen atoms in total. The number of hydrogen-bond donors (Lipinski definition) is 3. The fraction of sp³-hybridized carbons (Fsp3) is 0.267. The molecule has 2 aromatic rings. The molecule has 0 saturated heterocycles. The molecule has 116 valence electrons. The van der Waals surface area contributed by atoms with Crippen molar-refractivity contribution in [2.45, 2.75) is 30.3 Å². The average Bonchev–Trinajstić information content (AvgIpc) is 2.46. The van der Waals surface area contributed by atoms with Crippen molar-refractivity contribution in [1.29, 1.82) is 0 Å². The van der Waals surface area contributed by atoms with Crippen LogP contribution in [0.5, 0.6) is 0 Å². The van der Waals surface area contributed by atoms with Crippen molar-refractivity contribution < 1.29 is 4.79 Å². The molecule has 1 amide bonds. The standard InChI is InChI=1S/C15H19N5OS/c1-9(11-6-4-3-5-7-11)18-14(21)10(2)22-15-19-12(16)8-13(17)20-15/h3-10H,1-2H3,(H,18,21)(H4,16,17,19,20). The van der Waals surface area contributed by atoms with Gasteiger partial charge in [0.2, 0.25) is 5.91 Å². The maximum atomic E-state index is 12.3. The number of nitrogens with one attached hydrogen (secondary N) is 1. The maximum absolute atomic E-state index is 12.3. The van der Waals surface area contributed by atoms with Crippen LogP contribution in [0.2, 0.25) is 0 Å². The Morgan fingerprint density at radius 2 is 1.73 bits per heavy atom. The first-order chi connectivity index (χ1) is 10.5. The lowest BCUT2D eigenvalue weighted by molar-refractivity contribution is -0.120. The summed E-state index contributed by atoms with van der Waals surface area (Å²) in [5.41, 5.74) is 12.3. The zero-order valence-corrected chi connectivity index (χ0v) is 13.3. The molecule has 0 aliphatic heterocycles. The van der Waals surface area contributed by atoms with Gasteiger partial charge in [-0.3, -0.25) is 4.79 Å². The first-order valence-corrected chi connectivity index (χ1v) is 7.75. The van der Waals surface area contributed by atoms with Crippen LogP contribution in [-0.4, -0.2) is 21.1 Å². The minimum atomic E-state index is -0.354. The monoisotopic (exact) mass is 317 g/mol. The number of amides is 1. The Balaban J connectivity index is 1.97. The van der Waals surface area contributed by atoms with E-state index in [1.807, 2.05) is 37.3 Å². The zero-order chi connectivity index (χ0) is 16.1. The van der Waals surface area contributed by atoms with Gasteiger partial charge >= 0.3 is 0 Å². The Kier molecular flexibility index (Phi) is 5.21. The lowest BCUT2D eigenvalue weighted by Gasteiger charge is -2.17. The lowest BCUT2D eigenvalue weighted by atomic mass is 10.1. The van der Waals surface area contributed by atoms with E-state index in [0.717, 1.165) is 5.56 Å². The quantitative estimate of drug-likeness (QED) is 0.575. The van der Waals surface area contributed by atoms with Crippen molar-refractivity contribution >= 4 is 29.3 Å². The van der Waals surface area contributed by atoms with Crippen LogP contribution in [0.3, 0.4) is 0 Å². The fourth-order valence-electron chi connectivity index (χ4n) is 1.88. The molecule has 22 heavy (non-hydrogen) atoms. The summed E-state index contributed by atoms with van der Waals surface area (Å²) in [6.07, 6.45) is 0. The molecule has 1 aromatic carbocycles. The molecule has 0 saturated carbocycles.